The minimum Gasteiger partial charge on any atom is -0.507 e. The van der Waals surface area contributed by atoms with Gasteiger partial charge in [-0.15, -0.1) is 53.1 Å². The van der Waals surface area contributed by atoms with Gasteiger partial charge in [-0.05, 0) is 137 Å². The van der Waals surface area contributed by atoms with Gasteiger partial charge in [-0.25, -0.2) is 9.97 Å². The second-order valence-corrected chi connectivity index (χ2v) is 39.9. The number of nitrogens with zero attached hydrogens (tertiary/aromatic N) is 6. The van der Waals surface area contributed by atoms with Gasteiger partial charge in [-0.1, -0.05) is 380 Å². The summed E-state index contributed by atoms with van der Waals surface area (Å²) in [4.78, 5) is 21.6. The molecule has 10 nitrogen and oxygen atoms in total. The molecule has 0 saturated carbocycles. The van der Waals surface area contributed by atoms with E-state index >= 15 is 0 Å². The van der Waals surface area contributed by atoms with Crippen molar-refractivity contribution < 1.29 is 61.2 Å². The van der Waals surface area contributed by atoms with Gasteiger partial charge in [0.1, 0.15) is 45.5 Å². The quantitative estimate of drug-likeness (QED) is 0.109. The number of phenolic OH excluding ortho intramolecular Hbond substituents is 2. The zero-order valence-electron chi connectivity index (χ0n) is 78.0. The molecule has 22 aromatic rings. The summed E-state index contributed by atoms with van der Waals surface area (Å²) in [5.41, 5.74) is 28.0. The summed E-state index contributed by atoms with van der Waals surface area (Å²) >= 11 is 0. The summed E-state index contributed by atoms with van der Waals surface area (Å²) in [5.74, 6) is 1.80. The molecule has 0 atom stereocenters. The first-order valence-electron chi connectivity index (χ1n) is 45.8. The molecule has 6 aromatic heterocycles. The van der Waals surface area contributed by atoms with Crippen LogP contribution in [0.15, 0.2) is 361 Å². The number of fused-ring (bicyclic) bond motifs is 12. The second-order valence-electron chi connectivity index (χ2n) is 39.9. The van der Waals surface area contributed by atoms with E-state index in [-0.39, 0.29) is 75.3 Å². The third-order valence-electron chi connectivity index (χ3n) is 26.6. The molecule has 16 aromatic carbocycles. The van der Waals surface area contributed by atoms with Crippen molar-refractivity contribution in [1.29, 1.82) is 0 Å². The summed E-state index contributed by atoms with van der Waals surface area (Å²) in [5, 5.41) is 33.7. The minimum atomic E-state index is -0.391. The molecule has 12 heteroatoms. The number of imidazole rings is 2. The van der Waals surface area contributed by atoms with Crippen LogP contribution in [0.2, 0.25) is 0 Å². The van der Waals surface area contributed by atoms with E-state index < -0.39 is 5.41 Å². The number of furan rings is 2. The molecule has 22 rings (SSSR count). The van der Waals surface area contributed by atoms with Crippen molar-refractivity contribution in [2.45, 2.75) is 124 Å². The Morgan fingerprint density at radius 2 is 0.652 bits per heavy atom. The summed E-state index contributed by atoms with van der Waals surface area (Å²) in [6.07, 6.45) is 3.89. The van der Waals surface area contributed by atoms with Gasteiger partial charge >= 0.3 is 0 Å². The van der Waals surface area contributed by atoms with Crippen molar-refractivity contribution in [3.8, 4) is 124 Å². The van der Waals surface area contributed by atoms with Gasteiger partial charge in [0.15, 0.2) is 0 Å². The maximum absolute atomic E-state index is 12.5. The standard InChI is InChI=1S/C63H54N3O2.C60H48N3O2.2Pt/c1-61(2,3)44-35-49(59(67)51(36-44)62(4,5)6)60-65-58-48(27-19-29-54(58)66(60)53-28-18-17-25-46(53)39-20-11-9-12-21-39)41-32-42(34-45(33-41)63(7,8)43-23-13-10-14-24-43)52-37-56-50(38-64-52)57-47-26-16-15-22-40(47)30-31-55(57)68-56;1-59(2,3)43-33-47(57(64)49(34-43)60(4,5)6)58-62-56-46(25-17-27-52(56)63(58)51-26-16-15-23-44(51)38-20-11-8-12-21-38)41-30-40(37-18-9-7-10-19-37)31-42(32-41)50-35-54-48(36-61-50)55-45-24-14-13-22-39(45)28-29-53(55)65-54;;/h9-31,33-38,67H,1-8H3;7-31,33-36,64H,1-6H3;;/q2*-1;;. The summed E-state index contributed by atoms with van der Waals surface area (Å²) < 4.78 is 17.6. The molecule has 0 saturated heterocycles. The van der Waals surface area contributed by atoms with Crippen LogP contribution in [0.1, 0.15) is 130 Å². The average molecular weight is 2120 g/mol. The van der Waals surface area contributed by atoms with Crippen molar-refractivity contribution in [3.05, 3.63) is 398 Å². The van der Waals surface area contributed by atoms with E-state index in [1.165, 1.54) is 5.56 Å². The minimum absolute atomic E-state index is 0. The van der Waals surface area contributed by atoms with Gasteiger partial charge in [0.2, 0.25) is 0 Å². The van der Waals surface area contributed by atoms with Crippen molar-refractivity contribution in [1.82, 2.24) is 29.1 Å². The van der Waals surface area contributed by atoms with Crippen LogP contribution in [-0.4, -0.2) is 39.3 Å². The van der Waals surface area contributed by atoms with E-state index in [1.54, 1.807) is 0 Å². The third kappa shape index (κ3) is 16.5. The third-order valence-corrected chi connectivity index (χ3v) is 26.6. The Balaban J connectivity index is 0.000000171. The number of rotatable bonds is 13. The Labute approximate surface area is 816 Å². The molecular formula is C123H102N6O4Pt2-2. The van der Waals surface area contributed by atoms with Crippen molar-refractivity contribution in [2.75, 3.05) is 0 Å². The van der Waals surface area contributed by atoms with Crippen molar-refractivity contribution in [3.63, 3.8) is 0 Å². The van der Waals surface area contributed by atoms with Crippen LogP contribution in [0.5, 0.6) is 11.5 Å². The molecule has 0 amide bonds. The van der Waals surface area contributed by atoms with Gasteiger partial charge in [0.05, 0.1) is 44.6 Å². The fourth-order valence-corrected chi connectivity index (χ4v) is 19.2. The average Bonchev–Trinajstić information content (AvgIpc) is 1.55. The number of aromatic nitrogens is 6. The number of hydrogen-bond donors (Lipinski definition) is 2. The van der Waals surface area contributed by atoms with E-state index in [0.717, 1.165) is 205 Å². The van der Waals surface area contributed by atoms with Gasteiger partial charge in [-0.3, -0.25) is 19.1 Å². The Morgan fingerprint density at radius 3 is 1.09 bits per heavy atom. The summed E-state index contributed by atoms with van der Waals surface area (Å²) in [6.45, 7) is 30.8. The van der Waals surface area contributed by atoms with Crippen LogP contribution in [0.3, 0.4) is 0 Å². The molecule has 0 aliphatic rings. The van der Waals surface area contributed by atoms with Crippen LogP contribution in [0.25, 0.3) is 200 Å². The van der Waals surface area contributed by atoms with E-state index in [1.807, 2.05) is 42.7 Å². The molecule has 0 radical (unpaired) electrons. The molecule has 2 N–H and O–H groups in total. The zero-order valence-corrected chi connectivity index (χ0v) is 82.6. The van der Waals surface area contributed by atoms with E-state index in [0.29, 0.717) is 22.8 Å². The largest absolute Gasteiger partial charge is 0.507 e. The molecule has 670 valence electrons. The van der Waals surface area contributed by atoms with Crippen LogP contribution >= 0.6 is 0 Å². The topological polar surface area (TPSA) is 128 Å². The SMILES string of the molecule is CC(C)(C)c1cc(-c2nc3c(-c4[c-]c(-c5cc6oc7ccc8ccccc8c7c6cn5)cc(-c5ccccc5)c4)cccc3n2-c2ccccc2-c2ccccc2)c(O)c(C(C)(C)C)c1.CC(C)(C)c1cc(-c2nc3c(-c4[c-]c(-c5cc6oc7ccc8ccccc8c7c6cn5)cc(C(C)(C)c5ccccc5)c4)cccc3n2-c2ccccc2-c2ccccc2)c(O)c(C(C)(C)C)c1.[Pt].[Pt]. The smallest absolute Gasteiger partial charge is 0.148 e. The number of phenols is 2. The molecule has 0 fully saturated rings. The van der Waals surface area contributed by atoms with Crippen LogP contribution in [0, 0.1) is 12.1 Å². The maximum Gasteiger partial charge on any atom is 0.148 e. The number of pyridine rings is 2. The number of hydrogen-bond acceptors (Lipinski definition) is 8. The molecule has 6 heterocycles. The monoisotopic (exact) mass is 2120 g/mol. The first-order chi connectivity index (χ1) is 64.0. The second kappa shape index (κ2) is 35.0. The summed E-state index contributed by atoms with van der Waals surface area (Å²) in [7, 11) is 0. The van der Waals surface area contributed by atoms with E-state index in [2.05, 4.69) is 428 Å². The van der Waals surface area contributed by atoms with Gasteiger partial charge in [-0.2, -0.15) is 0 Å². The van der Waals surface area contributed by atoms with Crippen molar-refractivity contribution in [2.24, 2.45) is 0 Å². The molecular weight excluding hydrogens is 2020 g/mol. The first-order valence-corrected chi connectivity index (χ1v) is 45.8. The Bertz CT molecular complexity index is 8350. The molecule has 0 spiro atoms. The van der Waals surface area contributed by atoms with Crippen LogP contribution < -0.4 is 0 Å². The predicted molar refractivity (Wildman–Crippen MR) is 551 cm³/mol. The molecule has 135 heavy (non-hydrogen) atoms. The molecule has 0 unspecified atom stereocenters. The fourth-order valence-electron chi connectivity index (χ4n) is 19.2. The van der Waals surface area contributed by atoms with Crippen molar-refractivity contribution >= 4 is 87.5 Å². The summed E-state index contributed by atoms with van der Waals surface area (Å²) in [6, 6.07) is 126. The molecule has 0 bridgehead atoms. The van der Waals surface area contributed by atoms with Gasteiger partial charge in [0.25, 0.3) is 0 Å². The predicted octanol–water partition coefficient (Wildman–Crippen LogP) is 32.5. The molecule has 0 aliphatic heterocycles. The van der Waals surface area contributed by atoms with Gasteiger partial charge in [0, 0.05) is 115 Å². The maximum atomic E-state index is 12.5. The Hall–Kier alpha value is -14.1. The fraction of sp³-hybridized carbons (Fsp3) is 0.154. The first kappa shape index (κ1) is 90.0. The van der Waals surface area contributed by atoms with E-state index in [9.17, 15) is 10.2 Å². The normalized spacial score (nSPS) is 12.2. The van der Waals surface area contributed by atoms with Gasteiger partial charge < -0.3 is 19.0 Å². The van der Waals surface area contributed by atoms with E-state index in [4.69, 9.17) is 28.8 Å². The van der Waals surface area contributed by atoms with Crippen LogP contribution in [-0.2, 0) is 69.2 Å². The molecule has 0 aliphatic carbocycles. The van der Waals surface area contributed by atoms with Crippen LogP contribution in [0.4, 0.5) is 0 Å². The zero-order chi connectivity index (χ0) is 91.7. The number of aromatic hydroxyl groups is 2. The Morgan fingerprint density at radius 1 is 0.281 bits per heavy atom. The Kier molecular flexibility index (Phi) is 23.4. The number of para-hydroxylation sites is 4. The number of benzene rings is 16.